The topological polar surface area (TPSA) is 0 Å². The van der Waals surface area contributed by atoms with E-state index < -0.39 is 17.2 Å². The van der Waals surface area contributed by atoms with Gasteiger partial charge < -0.3 is 0 Å². The van der Waals surface area contributed by atoms with Crippen LogP contribution in [-0.4, -0.2) is 0 Å². The molecule has 0 unspecified atom stereocenters. The zero-order valence-electron chi connectivity index (χ0n) is 8.74. The largest absolute Gasteiger partial charge is 0.418 e. The van der Waals surface area contributed by atoms with Crippen LogP contribution in [0.2, 0.25) is 5.02 Å². The summed E-state index contributed by atoms with van der Waals surface area (Å²) in [6.45, 7) is 5.19. The molecule has 0 nitrogen and oxygen atoms in total. The van der Waals surface area contributed by atoms with E-state index in [1.165, 1.54) is 18.2 Å². The molecular weight excluding hydrogens is 225 g/mol. The summed E-state index contributed by atoms with van der Waals surface area (Å²) < 4.78 is 38.3. The molecule has 0 aliphatic carbocycles. The van der Waals surface area contributed by atoms with Gasteiger partial charge in [0.2, 0.25) is 0 Å². The second-order valence-electron chi connectivity index (χ2n) is 4.41. The average molecular weight is 237 g/mol. The minimum Gasteiger partial charge on any atom is -0.166 e. The van der Waals surface area contributed by atoms with E-state index in [1.54, 1.807) is 20.8 Å². The lowest BCUT2D eigenvalue weighted by Crippen LogP contribution is -2.19. The van der Waals surface area contributed by atoms with E-state index in [9.17, 15) is 13.2 Å². The van der Waals surface area contributed by atoms with E-state index in [2.05, 4.69) is 0 Å². The van der Waals surface area contributed by atoms with E-state index in [0.29, 0.717) is 0 Å². The van der Waals surface area contributed by atoms with E-state index in [0.717, 1.165) is 0 Å². The molecule has 0 aliphatic heterocycles. The van der Waals surface area contributed by atoms with Crippen molar-refractivity contribution in [2.75, 3.05) is 0 Å². The van der Waals surface area contributed by atoms with Gasteiger partial charge in [0.1, 0.15) is 0 Å². The molecule has 84 valence electrons. The Kier molecular flexibility index (Phi) is 3.06. The Labute approximate surface area is 92.1 Å². The first kappa shape index (κ1) is 12.4. The molecule has 4 heteroatoms. The highest BCUT2D eigenvalue weighted by atomic mass is 35.5. The monoisotopic (exact) mass is 236 g/mol. The number of benzene rings is 1. The van der Waals surface area contributed by atoms with Gasteiger partial charge in [-0.2, -0.15) is 13.2 Å². The molecule has 0 fully saturated rings. The van der Waals surface area contributed by atoms with Crippen molar-refractivity contribution in [3.63, 3.8) is 0 Å². The maximum Gasteiger partial charge on any atom is 0.418 e. The predicted molar refractivity (Wildman–Crippen MR) is 55.2 cm³/mol. The van der Waals surface area contributed by atoms with Gasteiger partial charge in [0.05, 0.1) is 10.6 Å². The van der Waals surface area contributed by atoms with Crippen molar-refractivity contribution in [1.29, 1.82) is 0 Å². The lowest BCUT2D eigenvalue weighted by Gasteiger charge is -2.24. The Morgan fingerprint density at radius 3 is 1.93 bits per heavy atom. The molecule has 0 N–H and O–H groups in total. The molecule has 0 spiro atoms. The van der Waals surface area contributed by atoms with Crippen molar-refractivity contribution in [3.8, 4) is 0 Å². The molecule has 1 aromatic carbocycles. The average Bonchev–Trinajstić information content (AvgIpc) is 1.99. The first-order chi connectivity index (χ1) is 6.64. The Morgan fingerprint density at radius 2 is 1.60 bits per heavy atom. The molecule has 15 heavy (non-hydrogen) atoms. The summed E-state index contributed by atoms with van der Waals surface area (Å²) >= 11 is 5.60. The SMILES string of the molecule is CC(C)(C)c1cccc(Cl)c1C(F)(F)F. The summed E-state index contributed by atoms with van der Waals surface area (Å²) in [4.78, 5) is 0. The van der Waals surface area contributed by atoms with Crippen molar-refractivity contribution in [2.45, 2.75) is 32.4 Å². The second-order valence-corrected chi connectivity index (χ2v) is 4.82. The fourth-order valence-electron chi connectivity index (χ4n) is 1.44. The van der Waals surface area contributed by atoms with Gasteiger partial charge in [-0.15, -0.1) is 0 Å². The molecule has 0 amide bonds. The van der Waals surface area contributed by atoms with Crippen LogP contribution in [-0.2, 0) is 11.6 Å². The van der Waals surface area contributed by atoms with Gasteiger partial charge in [-0.3, -0.25) is 0 Å². The normalized spacial score (nSPS) is 13.0. The number of hydrogen-bond donors (Lipinski definition) is 0. The second kappa shape index (κ2) is 3.71. The number of halogens is 4. The predicted octanol–water partition coefficient (Wildman–Crippen LogP) is 4.66. The van der Waals surface area contributed by atoms with Gasteiger partial charge >= 0.3 is 6.18 Å². The molecule has 0 atom stereocenters. The third-order valence-electron chi connectivity index (χ3n) is 2.11. The first-order valence-corrected chi connectivity index (χ1v) is 4.88. The zero-order chi connectivity index (χ0) is 11.9. The van der Waals surface area contributed by atoms with E-state index >= 15 is 0 Å². The number of rotatable bonds is 0. The molecule has 0 radical (unpaired) electrons. The number of alkyl halides is 3. The molecule has 0 bridgehead atoms. The highest BCUT2D eigenvalue weighted by molar-refractivity contribution is 6.31. The highest BCUT2D eigenvalue weighted by Gasteiger charge is 2.38. The van der Waals surface area contributed by atoms with Crippen LogP contribution in [0.5, 0.6) is 0 Å². The minimum atomic E-state index is -4.40. The van der Waals surface area contributed by atoms with Gasteiger partial charge in [-0.25, -0.2) is 0 Å². The zero-order valence-corrected chi connectivity index (χ0v) is 9.50. The third-order valence-corrected chi connectivity index (χ3v) is 2.42. The van der Waals surface area contributed by atoms with Gasteiger partial charge in [0, 0.05) is 0 Å². The van der Waals surface area contributed by atoms with Crippen LogP contribution < -0.4 is 0 Å². The van der Waals surface area contributed by atoms with Crippen molar-refractivity contribution >= 4 is 11.6 Å². The van der Waals surface area contributed by atoms with E-state index in [-0.39, 0.29) is 10.6 Å². The van der Waals surface area contributed by atoms with Crippen molar-refractivity contribution in [3.05, 3.63) is 34.3 Å². The van der Waals surface area contributed by atoms with E-state index in [4.69, 9.17) is 11.6 Å². The number of hydrogen-bond acceptors (Lipinski definition) is 0. The third kappa shape index (κ3) is 2.65. The van der Waals surface area contributed by atoms with Crippen LogP contribution >= 0.6 is 11.6 Å². The standard InChI is InChI=1S/C11H12ClF3/c1-10(2,3)7-5-4-6-8(12)9(7)11(13,14)15/h4-6H,1-3H3. The van der Waals surface area contributed by atoms with Crippen molar-refractivity contribution in [1.82, 2.24) is 0 Å². The molecule has 1 aromatic rings. The summed E-state index contributed by atoms with van der Waals surface area (Å²) in [6.07, 6.45) is -4.40. The Hall–Kier alpha value is -0.700. The fraction of sp³-hybridized carbons (Fsp3) is 0.455. The van der Waals surface area contributed by atoms with Gasteiger partial charge in [-0.1, -0.05) is 44.5 Å². The van der Waals surface area contributed by atoms with E-state index in [1.807, 2.05) is 0 Å². The van der Waals surface area contributed by atoms with Gasteiger partial charge in [0.25, 0.3) is 0 Å². The van der Waals surface area contributed by atoms with Gasteiger partial charge in [-0.05, 0) is 17.0 Å². The van der Waals surface area contributed by atoms with Crippen LogP contribution in [0.15, 0.2) is 18.2 Å². The summed E-state index contributed by atoms with van der Waals surface area (Å²) in [5.74, 6) is 0. The van der Waals surface area contributed by atoms with Crippen LogP contribution in [0.1, 0.15) is 31.9 Å². The molecule has 0 heterocycles. The maximum atomic E-state index is 12.8. The Balaban J connectivity index is 3.48. The summed E-state index contributed by atoms with van der Waals surface area (Å²) in [6, 6.07) is 4.27. The quantitative estimate of drug-likeness (QED) is 0.615. The highest BCUT2D eigenvalue weighted by Crippen LogP contribution is 2.41. The summed E-state index contributed by atoms with van der Waals surface area (Å²) in [5, 5.41) is -0.241. The molecular formula is C11H12ClF3. The van der Waals surface area contributed by atoms with Crippen molar-refractivity contribution in [2.24, 2.45) is 0 Å². The summed E-state index contributed by atoms with van der Waals surface area (Å²) in [5.41, 5.74) is -1.07. The molecule has 1 rings (SSSR count). The maximum absolute atomic E-state index is 12.8. The smallest absolute Gasteiger partial charge is 0.166 e. The van der Waals surface area contributed by atoms with Crippen molar-refractivity contribution < 1.29 is 13.2 Å². The van der Waals surface area contributed by atoms with Crippen LogP contribution in [0, 0.1) is 0 Å². The lowest BCUT2D eigenvalue weighted by molar-refractivity contribution is -0.138. The molecule has 0 aromatic heterocycles. The lowest BCUT2D eigenvalue weighted by atomic mass is 9.83. The van der Waals surface area contributed by atoms with Crippen LogP contribution in [0.25, 0.3) is 0 Å². The minimum absolute atomic E-state index is 0.225. The van der Waals surface area contributed by atoms with Gasteiger partial charge in [0.15, 0.2) is 0 Å². The molecule has 0 aliphatic rings. The molecule has 0 saturated heterocycles. The van der Waals surface area contributed by atoms with Crippen LogP contribution in [0.4, 0.5) is 13.2 Å². The Bertz CT molecular complexity index is 361. The van der Waals surface area contributed by atoms with Crippen LogP contribution in [0.3, 0.4) is 0 Å². The first-order valence-electron chi connectivity index (χ1n) is 4.50. The molecule has 0 saturated carbocycles. The summed E-state index contributed by atoms with van der Waals surface area (Å²) in [7, 11) is 0. The fourth-order valence-corrected chi connectivity index (χ4v) is 1.72. The Morgan fingerprint density at radius 1 is 1.07 bits per heavy atom.